The lowest BCUT2D eigenvalue weighted by Gasteiger charge is -2.13. The van der Waals surface area contributed by atoms with Gasteiger partial charge in [-0.2, -0.15) is 0 Å². The predicted molar refractivity (Wildman–Crippen MR) is 68.3 cm³/mol. The number of aryl methyl sites for hydroxylation is 1. The molecule has 94 valence electrons. The van der Waals surface area contributed by atoms with Crippen molar-refractivity contribution >= 4 is 5.95 Å². The second kappa shape index (κ2) is 5.45. The lowest BCUT2D eigenvalue weighted by Crippen LogP contribution is -2.20. The van der Waals surface area contributed by atoms with Crippen LogP contribution in [0, 0.1) is 6.92 Å². The molecule has 4 heteroatoms. The highest BCUT2D eigenvalue weighted by atomic mass is 16.5. The molecule has 0 bridgehead atoms. The molecule has 1 unspecified atom stereocenters. The third-order valence-corrected chi connectivity index (χ3v) is 2.98. The van der Waals surface area contributed by atoms with Gasteiger partial charge in [-0.25, -0.2) is 9.97 Å². The summed E-state index contributed by atoms with van der Waals surface area (Å²) < 4.78 is 5.56. The van der Waals surface area contributed by atoms with Gasteiger partial charge in [-0.15, -0.1) is 0 Å². The summed E-state index contributed by atoms with van der Waals surface area (Å²) in [6.07, 6.45) is 2.62. The van der Waals surface area contributed by atoms with Gasteiger partial charge in [0, 0.05) is 24.5 Å². The standard InChI is InChI=1S/C13H21N3O/c1-9(2)12-7-10(3)15-13(16-12)14-8-11-5-4-6-17-11/h7,9,11H,4-6,8H2,1-3H3,(H,14,15,16). The molecule has 0 aromatic carbocycles. The largest absolute Gasteiger partial charge is 0.376 e. The molecule has 1 aromatic heterocycles. The maximum atomic E-state index is 5.56. The lowest BCUT2D eigenvalue weighted by atomic mass is 10.1. The monoisotopic (exact) mass is 235 g/mol. The SMILES string of the molecule is Cc1cc(C(C)C)nc(NCC2CCCO2)n1. The fraction of sp³-hybridized carbons (Fsp3) is 0.692. The summed E-state index contributed by atoms with van der Waals surface area (Å²) in [7, 11) is 0. The van der Waals surface area contributed by atoms with E-state index in [-0.39, 0.29) is 0 Å². The van der Waals surface area contributed by atoms with E-state index in [1.54, 1.807) is 0 Å². The molecule has 2 rings (SSSR count). The fourth-order valence-corrected chi connectivity index (χ4v) is 1.98. The second-order valence-electron chi connectivity index (χ2n) is 4.93. The Morgan fingerprint density at radius 1 is 1.47 bits per heavy atom. The zero-order valence-electron chi connectivity index (χ0n) is 10.9. The molecule has 1 atom stereocenters. The first-order valence-corrected chi connectivity index (χ1v) is 6.36. The Labute approximate surface area is 103 Å². The molecule has 1 saturated heterocycles. The Hall–Kier alpha value is -1.16. The number of rotatable bonds is 4. The van der Waals surface area contributed by atoms with E-state index in [1.165, 1.54) is 0 Å². The van der Waals surface area contributed by atoms with Gasteiger partial charge in [0.15, 0.2) is 0 Å². The molecule has 0 radical (unpaired) electrons. The molecule has 1 fully saturated rings. The van der Waals surface area contributed by atoms with Crippen LogP contribution < -0.4 is 5.32 Å². The van der Waals surface area contributed by atoms with Crippen molar-refractivity contribution in [2.24, 2.45) is 0 Å². The van der Waals surface area contributed by atoms with Crippen molar-refractivity contribution in [3.63, 3.8) is 0 Å². The molecule has 1 aromatic rings. The van der Waals surface area contributed by atoms with Gasteiger partial charge >= 0.3 is 0 Å². The molecular formula is C13H21N3O. The first kappa shape index (κ1) is 12.3. The van der Waals surface area contributed by atoms with Crippen LogP contribution in [0.2, 0.25) is 0 Å². The minimum absolute atomic E-state index is 0.321. The van der Waals surface area contributed by atoms with Crippen LogP contribution in [0.1, 0.15) is 44.0 Å². The smallest absolute Gasteiger partial charge is 0.223 e. The van der Waals surface area contributed by atoms with E-state index < -0.39 is 0 Å². The van der Waals surface area contributed by atoms with Crippen molar-refractivity contribution in [3.8, 4) is 0 Å². The fourth-order valence-electron chi connectivity index (χ4n) is 1.98. The van der Waals surface area contributed by atoms with Crippen LogP contribution in [0.3, 0.4) is 0 Å². The normalized spacial score (nSPS) is 19.9. The summed E-state index contributed by atoms with van der Waals surface area (Å²) in [5.74, 6) is 1.16. The number of nitrogens with one attached hydrogen (secondary N) is 1. The topological polar surface area (TPSA) is 47.0 Å². The Bertz CT molecular complexity index is 373. The summed E-state index contributed by atoms with van der Waals surface area (Å²) in [6, 6.07) is 2.04. The number of nitrogens with zero attached hydrogens (tertiary/aromatic N) is 2. The first-order valence-electron chi connectivity index (χ1n) is 6.36. The number of ether oxygens (including phenoxy) is 1. The maximum absolute atomic E-state index is 5.56. The van der Waals surface area contributed by atoms with Crippen molar-refractivity contribution in [1.82, 2.24) is 9.97 Å². The Morgan fingerprint density at radius 3 is 2.94 bits per heavy atom. The molecule has 0 aliphatic carbocycles. The lowest BCUT2D eigenvalue weighted by molar-refractivity contribution is 0.120. The second-order valence-corrected chi connectivity index (χ2v) is 4.93. The quantitative estimate of drug-likeness (QED) is 0.871. The highest BCUT2D eigenvalue weighted by molar-refractivity contribution is 5.29. The van der Waals surface area contributed by atoms with Crippen molar-refractivity contribution in [2.75, 3.05) is 18.5 Å². The zero-order chi connectivity index (χ0) is 12.3. The molecule has 4 nitrogen and oxygen atoms in total. The Morgan fingerprint density at radius 2 is 2.29 bits per heavy atom. The molecule has 1 aliphatic rings. The van der Waals surface area contributed by atoms with Crippen molar-refractivity contribution in [3.05, 3.63) is 17.5 Å². The Kier molecular flexibility index (Phi) is 3.94. The summed E-state index contributed by atoms with van der Waals surface area (Å²) in [6.45, 7) is 7.99. The molecular weight excluding hydrogens is 214 g/mol. The molecule has 0 spiro atoms. The predicted octanol–water partition coefficient (Wildman–Crippen LogP) is 2.50. The number of anilines is 1. The maximum Gasteiger partial charge on any atom is 0.223 e. The van der Waals surface area contributed by atoms with Crippen molar-refractivity contribution in [1.29, 1.82) is 0 Å². The summed E-state index contributed by atoms with van der Waals surface area (Å²) >= 11 is 0. The average Bonchev–Trinajstić information content (AvgIpc) is 2.78. The van der Waals surface area contributed by atoms with Crippen LogP contribution in [0.5, 0.6) is 0 Å². The first-order chi connectivity index (χ1) is 8.15. The van der Waals surface area contributed by atoms with Gasteiger partial charge in [0.1, 0.15) is 0 Å². The molecule has 1 aliphatic heterocycles. The van der Waals surface area contributed by atoms with E-state index in [0.29, 0.717) is 12.0 Å². The van der Waals surface area contributed by atoms with Gasteiger partial charge < -0.3 is 10.1 Å². The number of hydrogen-bond donors (Lipinski definition) is 1. The molecule has 0 amide bonds. The highest BCUT2D eigenvalue weighted by Crippen LogP contribution is 2.16. The van der Waals surface area contributed by atoms with Gasteiger partial charge in [0.2, 0.25) is 5.95 Å². The van der Waals surface area contributed by atoms with E-state index in [2.05, 4.69) is 29.1 Å². The molecule has 1 N–H and O–H groups in total. The number of hydrogen-bond acceptors (Lipinski definition) is 4. The zero-order valence-corrected chi connectivity index (χ0v) is 10.9. The van der Waals surface area contributed by atoms with Gasteiger partial charge in [0.05, 0.1) is 6.10 Å². The summed E-state index contributed by atoms with van der Waals surface area (Å²) in [5, 5.41) is 3.28. The van der Waals surface area contributed by atoms with E-state index in [0.717, 1.165) is 43.3 Å². The van der Waals surface area contributed by atoms with Gasteiger partial charge in [-0.1, -0.05) is 13.8 Å². The Balaban J connectivity index is 1.99. The number of aromatic nitrogens is 2. The van der Waals surface area contributed by atoms with Crippen LogP contribution in [-0.2, 0) is 4.74 Å². The van der Waals surface area contributed by atoms with E-state index in [4.69, 9.17) is 4.74 Å². The van der Waals surface area contributed by atoms with Crippen LogP contribution in [-0.4, -0.2) is 29.2 Å². The van der Waals surface area contributed by atoms with E-state index in [1.807, 2.05) is 13.0 Å². The average molecular weight is 235 g/mol. The van der Waals surface area contributed by atoms with Crippen LogP contribution in [0.15, 0.2) is 6.07 Å². The highest BCUT2D eigenvalue weighted by Gasteiger charge is 2.15. The molecule has 0 saturated carbocycles. The van der Waals surface area contributed by atoms with Crippen molar-refractivity contribution < 1.29 is 4.74 Å². The van der Waals surface area contributed by atoms with E-state index >= 15 is 0 Å². The van der Waals surface area contributed by atoms with Gasteiger partial charge in [-0.3, -0.25) is 0 Å². The van der Waals surface area contributed by atoms with Crippen LogP contribution >= 0.6 is 0 Å². The van der Waals surface area contributed by atoms with Crippen molar-refractivity contribution in [2.45, 2.75) is 45.6 Å². The molecule has 2 heterocycles. The minimum Gasteiger partial charge on any atom is -0.376 e. The minimum atomic E-state index is 0.321. The summed E-state index contributed by atoms with van der Waals surface area (Å²) in [5.41, 5.74) is 2.10. The third-order valence-electron chi connectivity index (χ3n) is 2.98. The van der Waals surface area contributed by atoms with Crippen LogP contribution in [0.4, 0.5) is 5.95 Å². The third kappa shape index (κ3) is 3.40. The van der Waals surface area contributed by atoms with Gasteiger partial charge in [-0.05, 0) is 31.7 Å². The molecule has 17 heavy (non-hydrogen) atoms. The summed E-state index contributed by atoms with van der Waals surface area (Å²) in [4.78, 5) is 8.92. The van der Waals surface area contributed by atoms with Crippen LogP contribution in [0.25, 0.3) is 0 Å². The van der Waals surface area contributed by atoms with Gasteiger partial charge in [0.25, 0.3) is 0 Å². The van der Waals surface area contributed by atoms with E-state index in [9.17, 15) is 0 Å².